The van der Waals surface area contributed by atoms with Crippen molar-refractivity contribution in [3.63, 3.8) is 0 Å². The summed E-state index contributed by atoms with van der Waals surface area (Å²) < 4.78 is 29.0. The highest BCUT2D eigenvalue weighted by molar-refractivity contribution is 7.19. The van der Waals surface area contributed by atoms with Crippen LogP contribution < -0.4 is 16.8 Å². The van der Waals surface area contributed by atoms with E-state index in [1.54, 1.807) is 6.92 Å². The van der Waals surface area contributed by atoms with E-state index in [0.29, 0.717) is 0 Å². The number of anilines is 2. The summed E-state index contributed by atoms with van der Waals surface area (Å²) in [6.45, 7) is 1.05. The van der Waals surface area contributed by atoms with E-state index < -0.39 is 24.8 Å². The Morgan fingerprint density at radius 1 is 1.47 bits per heavy atom. The summed E-state index contributed by atoms with van der Waals surface area (Å²) in [7, 11) is 0. The zero-order valence-corrected chi connectivity index (χ0v) is 10.9. The predicted octanol–water partition coefficient (Wildman–Crippen LogP) is 1.28. The van der Waals surface area contributed by atoms with Gasteiger partial charge in [0, 0.05) is 0 Å². The van der Waals surface area contributed by atoms with Crippen molar-refractivity contribution in [3.05, 3.63) is 10.4 Å². The number of carbonyl (C=O) groups excluding carboxylic acids is 2. The lowest BCUT2D eigenvalue weighted by Gasteiger charge is -2.04. The lowest BCUT2D eigenvalue weighted by Crippen LogP contribution is -2.17. The smallest absolute Gasteiger partial charge is 0.350 e. The number of halogens is 2. The molecule has 9 heteroatoms. The van der Waals surface area contributed by atoms with Crippen molar-refractivity contribution in [2.75, 3.05) is 24.2 Å². The van der Waals surface area contributed by atoms with Crippen LogP contribution in [0.15, 0.2) is 0 Å². The maximum Gasteiger partial charge on any atom is 0.350 e. The summed E-state index contributed by atoms with van der Waals surface area (Å²) in [6, 6.07) is 0. The third-order valence-corrected chi connectivity index (χ3v) is 3.21. The zero-order valence-electron chi connectivity index (χ0n) is 10.0. The van der Waals surface area contributed by atoms with Gasteiger partial charge in [-0.05, 0) is 6.92 Å². The van der Waals surface area contributed by atoms with Gasteiger partial charge in [0.05, 0.1) is 24.4 Å². The van der Waals surface area contributed by atoms with Gasteiger partial charge in [-0.3, -0.25) is 4.79 Å². The van der Waals surface area contributed by atoms with Gasteiger partial charge >= 0.3 is 5.97 Å². The van der Waals surface area contributed by atoms with Crippen LogP contribution in [0.1, 0.15) is 27.0 Å². The van der Waals surface area contributed by atoms with Gasteiger partial charge in [-0.2, -0.15) is 0 Å². The molecule has 0 aliphatic heterocycles. The number of nitrogens with two attached hydrogens (primary N) is 2. The summed E-state index contributed by atoms with van der Waals surface area (Å²) in [5.41, 5.74) is 10.4. The standard InChI is InChI=1S/C10H13F2N3O3S/c1-2-18-10(17)7-6(13)5(8(14)16)9(19-7)15-3-4(11)12/h4,15H,2-3,13H2,1H3,(H2,14,16). The van der Waals surface area contributed by atoms with E-state index in [0.717, 1.165) is 11.3 Å². The van der Waals surface area contributed by atoms with E-state index >= 15 is 0 Å². The van der Waals surface area contributed by atoms with Crippen LogP contribution in [0.5, 0.6) is 0 Å². The molecule has 0 aliphatic rings. The van der Waals surface area contributed by atoms with Gasteiger partial charge in [-0.1, -0.05) is 0 Å². The molecule has 0 aliphatic carbocycles. The highest BCUT2D eigenvalue weighted by atomic mass is 32.1. The Balaban J connectivity index is 3.12. The van der Waals surface area contributed by atoms with E-state index in [4.69, 9.17) is 16.2 Å². The minimum Gasteiger partial charge on any atom is -0.462 e. The fourth-order valence-electron chi connectivity index (χ4n) is 1.33. The molecule has 0 unspecified atom stereocenters. The molecule has 1 amide bonds. The SMILES string of the molecule is CCOC(=O)c1sc(NCC(F)F)c(C(N)=O)c1N. The highest BCUT2D eigenvalue weighted by Crippen LogP contribution is 2.36. The number of nitrogen functional groups attached to an aromatic ring is 1. The molecule has 1 heterocycles. The van der Waals surface area contributed by atoms with Gasteiger partial charge in [0.25, 0.3) is 12.3 Å². The molecule has 0 atom stereocenters. The number of hydrogen-bond acceptors (Lipinski definition) is 6. The molecule has 0 spiro atoms. The Kier molecular flexibility index (Phi) is 5.04. The number of amides is 1. The molecule has 0 saturated carbocycles. The van der Waals surface area contributed by atoms with Gasteiger partial charge in [0.2, 0.25) is 0 Å². The zero-order chi connectivity index (χ0) is 14.6. The molecular formula is C10H13F2N3O3S. The van der Waals surface area contributed by atoms with Crippen molar-refractivity contribution in [3.8, 4) is 0 Å². The summed E-state index contributed by atoms with van der Waals surface area (Å²) in [4.78, 5) is 22.8. The fourth-order valence-corrected chi connectivity index (χ4v) is 2.36. The molecule has 0 bridgehead atoms. The molecule has 106 valence electrons. The lowest BCUT2D eigenvalue weighted by molar-refractivity contribution is 0.0533. The molecule has 1 aromatic heterocycles. The molecular weight excluding hydrogens is 280 g/mol. The van der Waals surface area contributed by atoms with Crippen molar-refractivity contribution >= 4 is 33.9 Å². The number of primary amides is 1. The van der Waals surface area contributed by atoms with Gasteiger partial charge in [0.1, 0.15) is 9.88 Å². The quantitative estimate of drug-likeness (QED) is 0.685. The summed E-state index contributed by atoms with van der Waals surface area (Å²) in [6.07, 6.45) is -2.62. The first-order chi connectivity index (χ1) is 8.88. The van der Waals surface area contributed by atoms with Crippen LogP contribution in [0.4, 0.5) is 19.5 Å². The van der Waals surface area contributed by atoms with E-state index in [1.807, 2.05) is 0 Å². The second-order valence-electron chi connectivity index (χ2n) is 3.41. The van der Waals surface area contributed by atoms with E-state index in [2.05, 4.69) is 5.32 Å². The number of hydrogen-bond donors (Lipinski definition) is 3. The first kappa shape index (κ1) is 15.2. The van der Waals surface area contributed by atoms with Crippen molar-refractivity contribution in [2.24, 2.45) is 5.73 Å². The van der Waals surface area contributed by atoms with Gasteiger partial charge in [-0.25, -0.2) is 13.6 Å². The largest absolute Gasteiger partial charge is 0.462 e. The van der Waals surface area contributed by atoms with E-state index in [1.165, 1.54) is 0 Å². The normalized spacial score (nSPS) is 10.5. The molecule has 1 aromatic rings. The topological polar surface area (TPSA) is 107 Å². The highest BCUT2D eigenvalue weighted by Gasteiger charge is 2.25. The summed E-state index contributed by atoms with van der Waals surface area (Å²) in [5.74, 6) is -1.63. The number of nitrogens with one attached hydrogen (secondary N) is 1. The van der Waals surface area contributed by atoms with Crippen LogP contribution in [0.3, 0.4) is 0 Å². The molecule has 0 aromatic carbocycles. The second kappa shape index (κ2) is 6.32. The second-order valence-corrected chi connectivity index (χ2v) is 4.43. The Hall–Kier alpha value is -1.90. The first-order valence-corrected chi connectivity index (χ1v) is 6.11. The molecule has 0 radical (unpaired) electrons. The van der Waals surface area contributed by atoms with Crippen LogP contribution >= 0.6 is 11.3 Å². The predicted molar refractivity (Wildman–Crippen MR) is 67.7 cm³/mol. The summed E-state index contributed by atoms with van der Waals surface area (Å²) in [5, 5.41) is 2.37. The Labute approximate surface area is 111 Å². The van der Waals surface area contributed by atoms with E-state index in [-0.39, 0.29) is 27.7 Å². The third-order valence-electron chi connectivity index (χ3n) is 2.07. The molecule has 1 rings (SSSR count). The number of thiophene rings is 1. The molecule has 5 N–H and O–H groups in total. The Morgan fingerprint density at radius 3 is 2.58 bits per heavy atom. The third kappa shape index (κ3) is 3.53. The number of carbonyl (C=O) groups is 2. The lowest BCUT2D eigenvalue weighted by atomic mass is 10.2. The maximum atomic E-state index is 12.1. The monoisotopic (exact) mass is 293 g/mol. The molecule has 0 saturated heterocycles. The van der Waals surface area contributed by atoms with Gasteiger partial charge in [0.15, 0.2) is 0 Å². The average Bonchev–Trinajstić information content (AvgIpc) is 2.64. The van der Waals surface area contributed by atoms with Crippen molar-refractivity contribution < 1.29 is 23.1 Å². The fraction of sp³-hybridized carbons (Fsp3) is 0.400. The van der Waals surface area contributed by atoms with Crippen LogP contribution in [0.25, 0.3) is 0 Å². The van der Waals surface area contributed by atoms with E-state index in [9.17, 15) is 18.4 Å². The van der Waals surface area contributed by atoms with Crippen molar-refractivity contribution in [1.82, 2.24) is 0 Å². The van der Waals surface area contributed by atoms with Crippen LogP contribution in [-0.2, 0) is 4.74 Å². The van der Waals surface area contributed by atoms with Crippen LogP contribution in [-0.4, -0.2) is 31.5 Å². The van der Waals surface area contributed by atoms with Crippen molar-refractivity contribution in [2.45, 2.75) is 13.3 Å². The number of alkyl halides is 2. The van der Waals surface area contributed by atoms with Gasteiger partial charge < -0.3 is 21.5 Å². The average molecular weight is 293 g/mol. The Bertz CT molecular complexity index is 491. The Morgan fingerprint density at radius 2 is 2.11 bits per heavy atom. The van der Waals surface area contributed by atoms with Gasteiger partial charge in [-0.15, -0.1) is 11.3 Å². The molecule has 6 nitrogen and oxygen atoms in total. The van der Waals surface area contributed by atoms with Crippen LogP contribution in [0.2, 0.25) is 0 Å². The van der Waals surface area contributed by atoms with Crippen molar-refractivity contribution in [1.29, 1.82) is 0 Å². The summed E-state index contributed by atoms with van der Waals surface area (Å²) >= 11 is 0.760. The minimum absolute atomic E-state index is 0.0348. The number of rotatable bonds is 6. The van der Waals surface area contributed by atoms with Crippen LogP contribution in [0, 0.1) is 0 Å². The first-order valence-electron chi connectivity index (χ1n) is 5.29. The number of ether oxygens (including phenoxy) is 1. The number of esters is 1. The molecule has 19 heavy (non-hydrogen) atoms. The molecule has 0 fully saturated rings. The minimum atomic E-state index is -2.62. The maximum absolute atomic E-state index is 12.1.